The van der Waals surface area contributed by atoms with Crippen LogP contribution in [0.5, 0.6) is 0 Å². The Hall–Kier alpha value is -0.330. The molecule has 0 aromatic rings. The van der Waals surface area contributed by atoms with Crippen LogP contribution in [0.2, 0.25) is 0 Å². The van der Waals surface area contributed by atoms with Gasteiger partial charge >= 0.3 is 0 Å². The van der Waals surface area contributed by atoms with E-state index in [0.717, 1.165) is 25.2 Å². The van der Waals surface area contributed by atoms with Gasteiger partial charge in [0, 0.05) is 12.8 Å². The van der Waals surface area contributed by atoms with Gasteiger partial charge in [-0.3, -0.25) is 4.79 Å². The first-order valence-corrected chi connectivity index (χ1v) is 6.47. The average molecular weight is 210 g/mol. The quantitative estimate of drug-likeness (QED) is 0.679. The van der Waals surface area contributed by atoms with Crippen molar-refractivity contribution in [2.75, 3.05) is 0 Å². The standard InChI is InChI=1S/C14H26O/c1-5-6-13(15)10-12-9-11(2)7-8-14(12,3)4/h11-12H,5-10H2,1-4H3. The number of ketones is 1. The van der Waals surface area contributed by atoms with E-state index in [-0.39, 0.29) is 0 Å². The van der Waals surface area contributed by atoms with Gasteiger partial charge in [-0.05, 0) is 36.5 Å². The fraction of sp³-hybridized carbons (Fsp3) is 0.929. The van der Waals surface area contributed by atoms with E-state index in [2.05, 4.69) is 27.7 Å². The van der Waals surface area contributed by atoms with Gasteiger partial charge in [-0.25, -0.2) is 0 Å². The van der Waals surface area contributed by atoms with E-state index in [4.69, 9.17) is 0 Å². The lowest BCUT2D eigenvalue weighted by Crippen LogP contribution is -2.32. The Balaban J connectivity index is 2.53. The predicted molar refractivity (Wildman–Crippen MR) is 64.8 cm³/mol. The number of Topliss-reactive ketones (excluding diaryl/α,β-unsaturated/α-hetero) is 1. The van der Waals surface area contributed by atoms with Crippen LogP contribution in [0.4, 0.5) is 0 Å². The Morgan fingerprint density at radius 1 is 1.40 bits per heavy atom. The molecule has 15 heavy (non-hydrogen) atoms. The van der Waals surface area contributed by atoms with Gasteiger partial charge in [-0.2, -0.15) is 0 Å². The summed E-state index contributed by atoms with van der Waals surface area (Å²) in [6, 6.07) is 0. The molecule has 0 spiro atoms. The van der Waals surface area contributed by atoms with Crippen molar-refractivity contribution in [3.63, 3.8) is 0 Å². The first-order valence-electron chi connectivity index (χ1n) is 6.47. The average Bonchev–Trinajstić information content (AvgIpc) is 2.12. The molecule has 2 atom stereocenters. The molecule has 2 unspecified atom stereocenters. The number of carbonyl (C=O) groups is 1. The number of carbonyl (C=O) groups excluding carboxylic acids is 1. The van der Waals surface area contributed by atoms with Crippen molar-refractivity contribution in [3.8, 4) is 0 Å². The summed E-state index contributed by atoms with van der Waals surface area (Å²) in [6.45, 7) is 9.09. The zero-order valence-corrected chi connectivity index (χ0v) is 10.8. The highest BCUT2D eigenvalue weighted by atomic mass is 16.1. The molecule has 1 saturated carbocycles. The van der Waals surface area contributed by atoms with Gasteiger partial charge in [-0.1, -0.05) is 34.1 Å². The molecule has 1 aliphatic rings. The first kappa shape index (κ1) is 12.7. The Kier molecular flexibility index (Phi) is 4.36. The molecular weight excluding hydrogens is 184 g/mol. The molecule has 88 valence electrons. The van der Waals surface area contributed by atoms with Crippen LogP contribution >= 0.6 is 0 Å². The zero-order valence-electron chi connectivity index (χ0n) is 10.8. The van der Waals surface area contributed by atoms with Crippen LogP contribution in [0.25, 0.3) is 0 Å². The Morgan fingerprint density at radius 3 is 2.67 bits per heavy atom. The Morgan fingerprint density at radius 2 is 2.07 bits per heavy atom. The second-order valence-electron chi connectivity index (χ2n) is 6.06. The molecule has 0 saturated heterocycles. The maximum atomic E-state index is 11.7. The number of rotatable bonds is 4. The van der Waals surface area contributed by atoms with E-state index < -0.39 is 0 Å². The van der Waals surface area contributed by atoms with Gasteiger partial charge in [0.25, 0.3) is 0 Å². The summed E-state index contributed by atoms with van der Waals surface area (Å²) in [5, 5.41) is 0. The van der Waals surface area contributed by atoms with Crippen LogP contribution in [0.15, 0.2) is 0 Å². The predicted octanol–water partition coefficient (Wildman–Crippen LogP) is 4.21. The van der Waals surface area contributed by atoms with Crippen LogP contribution < -0.4 is 0 Å². The minimum Gasteiger partial charge on any atom is -0.300 e. The molecule has 0 aromatic heterocycles. The van der Waals surface area contributed by atoms with Crippen molar-refractivity contribution >= 4 is 5.78 Å². The van der Waals surface area contributed by atoms with Crippen molar-refractivity contribution in [1.29, 1.82) is 0 Å². The summed E-state index contributed by atoms with van der Waals surface area (Å²) in [4.78, 5) is 11.7. The van der Waals surface area contributed by atoms with E-state index in [1.165, 1.54) is 19.3 Å². The molecule has 1 aliphatic carbocycles. The van der Waals surface area contributed by atoms with Crippen molar-refractivity contribution in [2.45, 2.75) is 66.2 Å². The SMILES string of the molecule is CCCC(=O)CC1CC(C)CCC1(C)C. The minimum absolute atomic E-state index is 0.385. The molecule has 0 radical (unpaired) electrons. The van der Waals surface area contributed by atoms with Crippen LogP contribution in [-0.4, -0.2) is 5.78 Å². The minimum atomic E-state index is 0.385. The summed E-state index contributed by atoms with van der Waals surface area (Å²) < 4.78 is 0. The number of hydrogen-bond acceptors (Lipinski definition) is 1. The lowest BCUT2D eigenvalue weighted by molar-refractivity contribution is -0.121. The van der Waals surface area contributed by atoms with Crippen LogP contribution in [0.1, 0.15) is 66.2 Å². The van der Waals surface area contributed by atoms with Crippen LogP contribution in [0.3, 0.4) is 0 Å². The molecule has 0 N–H and O–H groups in total. The zero-order chi connectivity index (χ0) is 11.5. The van der Waals surface area contributed by atoms with Crippen molar-refractivity contribution in [3.05, 3.63) is 0 Å². The van der Waals surface area contributed by atoms with Gasteiger partial charge in [0.2, 0.25) is 0 Å². The molecule has 0 aromatic carbocycles. The third-order valence-corrected chi connectivity index (χ3v) is 4.08. The largest absolute Gasteiger partial charge is 0.300 e. The van der Waals surface area contributed by atoms with Crippen molar-refractivity contribution in [1.82, 2.24) is 0 Å². The lowest BCUT2D eigenvalue weighted by atomic mass is 9.64. The second kappa shape index (κ2) is 5.14. The summed E-state index contributed by atoms with van der Waals surface area (Å²) in [5.41, 5.74) is 0.385. The molecule has 1 fully saturated rings. The Labute approximate surface area is 94.6 Å². The van der Waals surface area contributed by atoms with E-state index in [1.807, 2.05) is 0 Å². The third-order valence-electron chi connectivity index (χ3n) is 4.08. The summed E-state index contributed by atoms with van der Waals surface area (Å²) in [5.74, 6) is 1.92. The van der Waals surface area contributed by atoms with Crippen LogP contribution in [0, 0.1) is 17.3 Å². The fourth-order valence-corrected chi connectivity index (χ4v) is 2.76. The summed E-state index contributed by atoms with van der Waals surface area (Å²) in [6.07, 6.45) is 6.49. The van der Waals surface area contributed by atoms with Gasteiger partial charge in [0.1, 0.15) is 5.78 Å². The fourth-order valence-electron chi connectivity index (χ4n) is 2.76. The molecule has 0 bridgehead atoms. The molecule has 1 rings (SSSR count). The highest BCUT2D eigenvalue weighted by Crippen LogP contribution is 2.44. The van der Waals surface area contributed by atoms with Gasteiger partial charge < -0.3 is 0 Å². The maximum Gasteiger partial charge on any atom is 0.133 e. The molecule has 0 amide bonds. The van der Waals surface area contributed by atoms with Crippen molar-refractivity contribution in [2.24, 2.45) is 17.3 Å². The molecular formula is C14H26O. The molecule has 0 aliphatic heterocycles. The second-order valence-corrected chi connectivity index (χ2v) is 6.06. The topological polar surface area (TPSA) is 17.1 Å². The van der Waals surface area contributed by atoms with E-state index >= 15 is 0 Å². The Bertz CT molecular complexity index is 217. The maximum absolute atomic E-state index is 11.7. The summed E-state index contributed by atoms with van der Waals surface area (Å²) in [7, 11) is 0. The van der Waals surface area contributed by atoms with Crippen LogP contribution in [-0.2, 0) is 4.79 Å². The highest BCUT2D eigenvalue weighted by Gasteiger charge is 2.35. The first-order chi connectivity index (χ1) is 6.95. The monoisotopic (exact) mass is 210 g/mol. The number of hydrogen-bond donors (Lipinski definition) is 0. The van der Waals surface area contributed by atoms with Crippen molar-refractivity contribution < 1.29 is 4.79 Å². The highest BCUT2D eigenvalue weighted by molar-refractivity contribution is 5.78. The van der Waals surface area contributed by atoms with E-state index in [9.17, 15) is 4.79 Å². The van der Waals surface area contributed by atoms with E-state index in [1.54, 1.807) is 0 Å². The van der Waals surface area contributed by atoms with Gasteiger partial charge in [0.15, 0.2) is 0 Å². The third kappa shape index (κ3) is 3.62. The smallest absolute Gasteiger partial charge is 0.133 e. The molecule has 0 heterocycles. The molecule has 1 nitrogen and oxygen atoms in total. The van der Waals surface area contributed by atoms with E-state index in [0.29, 0.717) is 17.1 Å². The van der Waals surface area contributed by atoms with Gasteiger partial charge in [-0.15, -0.1) is 0 Å². The molecule has 1 heteroatoms. The van der Waals surface area contributed by atoms with Gasteiger partial charge in [0.05, 0.1) is 0 Å². The lowest BCUT2D eigenvalue weighted by Gasteiger charge is -2.41. The normalized spacial score (nSPS) is 30.1. The summed E-state index contributed by atoms with van der Waals surface area (Å²) >= 11 is 0.